The van der Waals surface area contributed by atoms with Crippen LogP contribution in [-0.4, -0.2) is 38.0 Å². The van der Waals surface area contributed by atoms with E-state index in [1.807, 2.05) is 7.11 Å². The smallest absolute Gasteiger partial charge is 0.0987 e. The van der Waals surface area contributed by atoms with Crippen molar-refractivity contribution in [3.63, 3.8) is 0 Å². The van der Waals surface area contributed by atoms with Crippen molar-refractivity contribution >= 4 is 0 Å². The van der Waals surface area contributed by atoms with Crippen LogP contribution in [0.3, 0.4) is 0 Å². The Morgan fingerprint density at radius 1 is 1.19 bits per heavy atom. The highest BCUT2D eigenvalue weighted by Crippen LogP contribution is 2.66. The van der Waals surface area contributed by atoms with Crippen LogP contribution in [0.25, 0.3) is 0 Å². The lowest BCUT2D eigenvalue weighted by Crippen LogP contribution is -2.61. The Balaban J connectivity index is 1.59. The molecular formula is C18H33NO2. The molecule has 0 aromatic carbocycles. The fourth-order valence-corrected chi connectivity index (χ4v) is 5.11. The summed E-state index contributed by atoms with van der Waals surface area (Å²) in [4.78, 5) is 0. The maximum Gasteiger partial charge on any atom is 0.0987 e. The van der Waals surface area contributed by atoms with E-state index in [0.29, 0.717) is 29.1 Å². The minimum atomic E-state index is 0.238. The summed E-state index contributed by atoms with van der Waals surface area (Å²) in [5.41, 5.74) is 0.793. The standard InChI is InChI=1S/C18H33NO2/c1-6-9-19-13-11-14(16(13)20-5)21-15-10-12-7-8-18(15,4)17(12,2)3/h12-16,19H,6-11H2,1-5H3. The maximum atomic E-state index is 6.57. The van der Waals surface area contributed by atoms with Gasteiger partial charge in [-0.1, -0.05) is 27.7 Å². The summed E-state index contributed by atoms with van der Waals surface area (Å²) in [6, 6.07) is 0.486. The summed E-state index contributed by atoms with van der Waals surface area (Å²) >= 11 is 0. The average Bonchev–Trinajstić information content (AvgIpc) is 2.75. The molecule has 0 amide bonds. The molecule has 0 aromatic heterocycles. The first kappa shape index (κ1) is 15.8. The Hall–Kier alpha value is -0.120. The van der Waals surface area contributed by atoms with Crippen LogP contribution in [0, 0.1) is 16.7 Å². The van der Waals surface area contributed by atoms with E-state index in [9.17, 15) is 0 Å². The summed E-state index contributed by atoms with van der Waals surface area (Å²) in [7, 11) is 1.83. The lowest BCUT2D eigenvalue weighted by atomic mass is 9.70. The third-order valence-corrected chi connectivity index (χ3v) is 7.23. The van der Waals surface area contributed by atoms with Gasteiger partial charge in [0.25, 0.3) is 0 Å². The fraction of sp³-hybridized carbons (Fsp3) is 1.00. The highest BCUT2D eigenvalue weighted by atomic mass is 16.5. The highest BCUT2D eigenvalue weighted by molar-refractivity contribution is 5.12. The van der Waals surface area contributed by atoms with Crippen LogP contribution in [0.15, 0.2) is 0 Å². The van der Waals surface area contributed by atoms with Crippen LogP contribution < -0.4 is 5.32 Å². The third kappa shape index (κ3) is 2.27. The molecule has 0 spiro atoms. The number of ether oxygens (including phenoxy) is 2. The molecule has 3 aliphatic carbocycles. The Morgan fingerprint density at radius 3 is 2.48 bits per heavy atom. The van der Waals surface area contributed by atoms with Crippen LogP contribution in [0.5, 0.6) is 0 Å². The summed E-state index contributed by atoms with van der Waals surface area (Å²) in [5, 5.41) is 3.58. The highest BCUT2D eigenvalue weighted by Gasteiger charge is 2.63. The molecule has 122 valence electrons. The van der Waals surface area contributed by atoms with Gasteiger partial charge in [-0.2, -0.15) is 0 Å². The van der Waals surface area contributed by atoms with Gasteiger partial charge in [0.15, 0.2) is 0 Å². The van der Waals surface area contributed by atoms with Crippen LogP contribution in [0.1, 0.15) is 59.8 Å². The van der Waals surface area contributed by atoms with E-state index < -0.39 is 0 Å². The minimum Gasteiger partial charge on any atom is -0.377 e. The Bertz CT molecular complexity index is 383. The van der Waals surface area contributed by atoms with Gasteiger partial charge in [0.1, 0.15) is 0 Å². The van der Waals surface area contributed by atoms with E-state index >= 15 is 0 Å². The van der Waals surface area contributed by atoms with Crippen LogP contribution in [0.2, 0.25) is 0 Å². The first-order valence-corrected chi connectivity index (χ1v) is 8.85. The number of hydrogen-bond donors (Lipinski definition) is 1. The Morgan fingerprint density at radius 2 is 1.95 bits per heavy atom. The van der Waals surface area contributed by atoms with Gasteiger partial charge in [-0.05, 0) is 55.4 Å². The molecule has 3 nitrogen and oxygen atoms in total. The first-order chi connectivity index (χ1) is 9.94. The molecule has 6 unspecified atom stereocenters. The molecule has 3 rings (SSSR count). The number of fused-ring (bicyclic) bond motifs is 2. The normalized spacial score (nSPS) is 47.6. The molecule has 21 heavy (non-hydrogen) atoms. The van der Waals surface area contributed by atoms with Crippen molar-refractivity contribution in [3.8, 4) is 0 Å². The van der Waals surface area contributed by atoms with E-state index in [1.165, 1.54) is 25.7 Å². The van der Waals surface area contributed by atoms with E-state index in [-0.39, 0.29) is 6.10 Å². The topological polar surface area (TPSA) is 30.5 Å². The van der Waals surface area contributed by atoms with Crippen molar-refractivity contribution in [1.29, 1.82) is 0 Å². The predicted octanol–water partition coefficient (Wildman–Crippen LogP) is 3.37. The summed E-state index contributed by atoms with van der Waals surface area (Å²) in [6.45, 7) is 10.6. The number of methoxy groups -OCH3 is 1. The molecule has 0 saturated heterocycles. The molecule has 0 heterocycles. The largest absolute Gasteiger partial charge is 0.377 e. The zero-order valence-electron chi connectivity index (χ0n) is 14.4. The molecule has 3 fully saturated rings. The lowest BCUT2D eigenvalue weighted by Gasteiger charge is -2.48. The van der Waals surface area contributed by atoms with E-state index in [4.69, 9.17) is 9.47 Å². The molecule has 3 aliphatic rings. The SMILES string of the molecule is CCCNC1CC(OC2CC3CCC2(C)C3(C)C)C1OC. The molecule has 0 aromatic rings. The van der Waals surface area contributed by atoms with Crippen molar-refractivity contribution in [2.45, 2.75) is 84.2 Å². The summed E-state index contributed by atoms with van der Waals surface area (Å²) < 4.78 is 12.3. The molecule has 0 aliphatic heterocycles. The van der Waals surface area contributed by atoms with Gasteiger partial charge in [0, 0.05) is 13.2 Å². The van der Waals surface area contributed by atoms with Gasteiger partial charge < -0.3 is 14.8 Å². The second kappa shape index (κ2) is 5.50. The molecule has 0 radical (unpaired) electrons. The molecule has 2 bridgehead atoms. The van der Waals surface area contributed by atoms with Crippen LogP contribution in [0.4, 0.5) is 0 Å². The second-order valence-electron chi connectivity index (χ2n) is 8.27. The fourth-order valence-electron chi connectivity index (χ4n) is 5.11. The van der Waals surface area contributed by atoms with Crippen molar-refractivity contribution in [3.05, 3.63) is 0 Å². The monoisotopic (exact) mass is 295 g/mol. The summed E-state index contributed by atoms with van der Waals surface area (Å²) in [5.74, 6) is 0.850. The van der Waals surface area contributed by atoms with Crippen LogP contribution in [-0.2, 0) is 9.47 Å². The van der Waals surface area contributed by atoms with Crippen molar-refractivity contribution < 1.29 is 9.47 Å². The average molecular weight is 295 g/mol. The molecule has 3 saturated carbocycles. The minimum absolute atomic E-state index is 0.238. The number of nitrogens with one attached hydrogen (secondary N) is 1. The third-order valence-electron chi connectivity index (χ3n) is 7.23. The van der Waals surface area contributed by atoms with Gasteiger partial charge in [-0.25, -0.2) is 0 Å². The Kier molecular flexibility index (Phi) is 4.13. The molecule has 3 heteroatoms. The van der Waals surface area contributed by atoms with E-state index in [2.05, 4.69) is 33.0 Å². The van der Waals surface area contributed by atoms with Gasteiger partial charge in [-0.3, -0.25) is 0 Å². The molecule has 1 N–H and O–H groups in total. The Labute approximate surface area is 130 Å². The van der Waals surface area contributed by atoms with Gasteiger partial charge in [0.2, 0.25) is 0 Å². The summed E-state index contributed by atoms with van der Waals surface area (Å²) in [6.07, 6.45) is 7.22. The van der Waals surface area contributed by atoms with Gasteiger partial charge in [-0.15, -0.1) is 0 Å². The van der Waals surface area contributed by atoms with Crippen molar-refractivity contribution in [2.24, 2.45) is 16.7 Å². The zero-order valence-corrected chi connectivity index (χ0v) is 14.4. The molecular weight excluding hydrogens is 262 g/mol. The number of hydrogen-bond acceptors (Lipinski definition) is 3. The van der Waals surface area contributed by atoms with Gasteiger partial charge in [0.05, 0.1) is 18.3 Å². The van der Waals surface area contributed by atoms with Crippen LogP contribution >= 0.6 is 0 Å². The van der Waals surface area contributed by atoms with Crippen molar-refractivity contribution in [2.75, 3.05) is 13.7 Å². The quantitative estimate of drug-likeness (QED) is 0.815. The van der Waals surface area contributed by atoms with E-state index in [0.717, 1.165) is 18.9 Å². The second-order valence-corrected chi connectivity index (χ2v) is 8.27. The van der Waals surface area contributed by atoms with E-state index in [1.54, 1.807) is 0 Å². The maximum absolute atomic E-state index is 6.57. The first-order valence-electron chi connectivity index (χ1n) is 8.85. The van der Waals surface area contributed by atoms with Crippen molar-refractivity contribution in [1.82, 2.24) is 5.32 Å². The molecule has 6 atom stereocenters. The lowest BCUT2D eigenvalue weighted by molar-refractivity contribution is -0.182. The zero-order chi connectivity index (χ0) is 15.3. The van der Waals surface area contributed by atoms with Gasteiger partial charge >= 0.3 is 0 Å². The predicted molar refractivity (Wildman–Crippen MR) is 85.4 cm³/mol. The number of rotatable bonds is 6.